The third-order valence-corrected chi connectivity index (χ3v) is 3.80. The largest absolute Gasteiger partial charge is 0.488 e. The van der Waals surface area contributed by atoms with E-state index in [9.17, 15) is 0 Å². The van der Waals surface area contributed by atoms with Gasteiger partial charge in [-0.3, -0.25) is 0 Å². The average Bonchev–Trinajstić information content (AvgIpc) is 2.88. The van der Waals surface area contributed by atoms with Crippen molar-refractivity contribution in [3.8, 4) is 17.6 Å². The topological polar surface area (TPSA) is 29.5 Å². The maximum absolute atomic E-state index is 8.69. The van der Waals surface area contributed by atoms with Crippen LogP contribution >= 0.6 is 11.3 Å². The van der Waals surface area contributed by atoms with Crippen LogP contribution in [0.2, 0.25) is 0 Å². The van der Waals surface area contributed by atoms with E-state index in [-0.39, 0.29) is 6.61 Å². The summed E-state index contributed by atoms with van der Waals surface area (Å²) in [5, 5.41) is 8.69. The Bertz CT molecular complexity index is 632. The molecule has 3 heteroatoms. The normalized spacial score (nSPS) is 9.95. The van der Waals surface area contributed by atoms with Gasteiger partial charge in [-0.15, -0.1) is 11.3 Å². The first-order chi connectivity index (χ1) is 9.69. The fraction of sp³-hybridized carbons (Fsp3) is 0.294. The van der Waals surface area contributed by atoms with Crippen LogP contribution in [0.5, 0.6) is 5.75 Å². The monoisotopic (exact) mass is 286 g/mol. The van der Waals surface area contributed by atoms with Crippen LogP contribution in [0.15, 0.2) is 30.3 Å². The Hall–Kier alpha value is -1.76. The van der Waals surface area contributed by atoms with Crippen molar-refractivity contribution in [2.24, 2.45) is 0 Å². The van der Waals surface area contributed by atoms with E-state index in [2.05, 4.69) is 43.9 Å². The zero-order valence-electron chi connectivity index (χ0n) is 11.8. The Morgan fingerprint density at radius 3 is 2.85 bits per heavy atom. The van der Waals surface area contributed by atoms with Gasteiger partial charge in [0.25, 0.3) is 0 Å². The van der Waals surface area contributed by atoms with E-state index in [0.29, 0.717) is 13.0 Å². The number of thiophene rings is 1. The summed E-state index contributed by atoms with van der Waals surface area (Å²) < 4.78 is 5.86. The van der Waals surface area contributed by atoms with Crippen LogP contribution in [0.25, 0.3) is 0 Å². The predicted molar refractivity (Wildman–Crippen MR) is 83.1 cm³/mol. The summed E-state index contributed by atoms with van der Waals surface area (Å²) in [6, 6.07) is 10.3. The first kappa shape index (κ1) is 14.6. The van der Waals surface area contributed by atoms with Gasteiger partial charge in [-0.2, -0.15) is 0 Å². The second-order valence-electron chi connectivity index (χ2n) is 4.60. The molecule has 2 rings (SSSR count). The van der Waals surface area contributed by atoms with E-state index < -0.39 is 0 Å². The van der Waals surface area contributed by atoms with E-state index in [1.807, 2.05) is 12.1 Å². The second-order valence-corrected chi connectivity index (χ2v) is 5.77. The van der Waals surface area contributed by atoms with E-state index in [4.69, 9.17) is 9.84 Å². The molecule has 0 saturated heterocycles. The van der Waals surface area contributed by atoms with Gasteiger partial charge < -0.3 is 9.84 Å². The van der Waals surface area contributed by atoms with Crippen LogP contribution in [0.4, 0.5) is 0 Å². The van der Waals surface area contributed by atoms with Gasteiger partial charge in [-0.25, -0.2) is 0 Å². The second kappa shape index (κ2) is 7.14. The highest BCUT2D eigenvalue weighted by molar-refractivity contribution is 7.12. The molecule has 0 saturated carbocycles. The smallest absolute Gasteiger partial charge is 0.123 e. The van der Waals surface area contributed by atoms with Crippen LogP contribution in [0, 0.1) is 25.7 Å². The molecule has 0 aliphatic rings. The zero-order valence-corrected chi connectivity index (χ0v) is 12.6. The Labute approximate surface area is 124 Å². The maximum atomic E-state index is 8.69. The van der Waals surface area contributed by atoms with Crippen molar-refractivity contribution in [3.05, 3.63) is 51.2 Å². The van der Waals surface area contributed by atoms with Gasteiger partial charge >= 0.3 is 0 Å². The number of benzene rings is 1. The van der Waals surface area contributed by atoms with Gasteiger partial charge in [0.2, 0.25) is 0 Å². The Kier molecular flexibility index (Phi) is 5.23. The summed E-state index contributed by atoms with van der Waals surface area (Å²) in [6.07, 6.45) is 0.520. The van der Waals surface area contributed by atoms with Crippen molar-refractivity contribution >= 4 is 11.3 Å². The van der Waals surface area contributed by atoms with Gasteiger partial charge in [-0.1, -0.05) is 24.0 Å². The van der Waals surface area contributed by atoms with Crippen molar-refractivity contribution in [2.75, 3.05) is 6.61 Å². The highest BCUT2D eigenvalue weighted by Gasteiger charge is 2.02. The van der Waals surface area contributed by atoms with E-state index in [1.165, 1.54) is 5.56 Å². The summed E-state index contributed by atoms with van der Waals surface area (Å²) in [4.78, 5) is 2.16. The van der Waals surface area contributed by atoms with Crippen molar-refractivity contribution in [1.82, 2.24) is 0 Å². The summed E-state index contributed by atoms with van der Waals surface area (Å²) >= 11 is 1.63. The highest BCUT2D eigenvalue weighted by Crippen LogP contribution is 2.22. The Morgan fingerprint density at radius 2 is 2.05 bits per heavy atom. The molecular formula is C17H18O2S. The van der Waals surface area contributed by atoms with Crippen LogP contribution in [0.1, 0.15) is 27.3 Å². The highest BCUT2D eigenvalue weighted by atomic mass is 32.1. The molecule has 0 aliphatic carbocycles. The molecule has 1 aromatic heterocycles. The lowest BCUT2D eigenvalue weighted by atomic mass is 10.1. The number of aliphatic hydroxyl groups is 1. The molecule has 0 unspecified atom stereocenters. The fourth-order valence-corrected chi connectivity index (χ4v) is 2.54. The fourth-order valence-electron chi connectivity index (χ4n) is 1.74. The summed E-state index contributed by atoms with van der Waals surface area (Å²) in [5.74, 6) is 6.90. The molecule has 2 nitrogen and oxygen atoms in total. The average molecular weight is 286 g/mol. The number of hydrogen-bond acceptors (Lipinski definition) is 3. The van der Waals surface area contributed by atoms with Crippen molar-refractivity contribution in [2.45, 2.75) is 26.9 Å². The summed E-state index contributed by atoms with van der Waals surface area (Å²) in [5.41, 5.74) is 2.35. The van der Waals surface area contributed by atoms with Gasteiger partial charge in [0.1, 0.15) is 12.4 Å². The number of rotatable bonds is 4. The van der Waals surface area contributed by atoms with Crippen molar-refractivity contribution < 1.29 is 9.84 Å². The first-order valence-electron chi connectivity index (χ1n) is 6.57. The maximum Gasteiger partial charge on any atom is 0.123 e. The molecule has 2 aromatic rings. The lowest BCUT2D eigenvalue weighted by Gasteiger charge is -2.08. The van der Waals surface area contributed by atoms with Gasteiger partial charge in [0.15, 0.2) is 0 Å². The zero-order chi connectivity index (χ0) is 14.4. The lowest BCUT2D eigenvalue weighted by Crippen LogP contribution is -1.95. The standard InChI is InChI=1S/C17H18O2S/c1-13-6-7-14(2)17(11-13)19-12-16-9-8-15(20-16)5-3-4-10-18/h6-9,11,18H,4,10,12H2,1-2H3. The SMILES string of the molecule is Cc1ccc(C)c(OCc2ccc(C#CCCO)s2)c1. The summed E-state index contributed by atoms with van der Waals surface area (Å²) in [7, 11) is 0. The lowest BCUT2D eigenvalue weighted by molar-refractivity contribution is 0.305. The van der Waals surface area contributed by atoms with E-state index in [0.717, 1.165) is 21.1 Å². The van der Waals surface area contributed by atoms with Crippen molar-refractivity contribution in [1.29, 1.82) is 0 Å². The van der Waals surface area contributed by atoms with Gasteiger partial charge in [0.05, 0.1) is 11.5 Å². The van der Waals surface area contributed by atoms with E-state index >= 15 is 0 Å². The van der Waals surface area contributed by atoms with E-state index in [1.54, 1.807) is 11.3 Å². The quantitative estimate of drug-likeness (QED) is 0.869. The molecular weight excluding hydrogens is 268 g/mol. The van der Waals surface area contributed by atoms with Crippen molar-refractivity contribution in [3.63, 3.8) is 0 Å². The van der Waals surface area contributed by atoms with Crippen LogP contribution in [-0.4, -0.2) is 11.7 Å². The molecule has 104 valence electrons. The van der Waals surface area contributed by atoms with Gasteiger partial charge in [-0.05, 0) is 43.2 Å². The molecule has 0 fully saturated rings. The van der Waals surface area contributed by atoms with Crippen LogP contribution < -0.4 is 4.74 Å². The number of aliphatic hydroxyl groups excluding tert-OH is 1. The Balaban J connectivity index is 1.98. The predicted octanol–water partition coefficient (Wildman–Crippen LogP) is 3.68. The third kappa shape index (κ3) is 4.12. The molecule has 0 radical (unpaired) electrons. The molecule has 0 spiro atoms. The third-order valence-electron chi connectivity index (χ3n) is 2.82. The number of hydrogen-bond donors (Lipinski definition) is 1. The molecule has 0 amide bonds. The minimum Gasteiger partial charge on any atom is -0.488 e. The van der Waals surface area contributed by atoms with Crippen LogP contribution in [0.3, 0.4) is 0 Å². The molecule has 1 N–H and O–H groups in total. The minimum absolute atomic E-state index is 0.112. The number of ether oxygens (including phenoxy) is 1. The summed E-state index contributed by atoms with van der Waals surface area (Å²) in [6.45, 7) is 4.79. The molecule has 1 heterocycles. The first-order valence-corrected chi connectivity index (χ1v) is 7.39. The molecule has 1 aromatic carbocycles. The van der Waals surface area contributed by atoms with Gasteiger partial charge in [0, 0.05) is 11.3 Å². The minimum atomic E-state index is 0.112. The number of aryl methyl sites for hydroxylation is 2. The Morgan fingerprint density at radius 1 is 1.20 bits per heavy atom. The molecule has 0 bridgehead atoms. The van der Waals surface area contributed by atoms with Crippen LogP contribution in [-0.2, 0) is 6.61 Å². The molecule has 20 heavy (non-hydrogen) atoms. The molecule has 0 atom stereocenters. The molecule has 0 aliphatic heterocycles.